The molecule has 0 radical (unpaired) electrons. The number of carbonyl (C=O) groups excluding carboxylic acids is 1. The molecule has 1 aliphatic heterocycles. The average molecular weight is 346 g/mol. The van der Waals surface area contributed by atoms with E-state index in [1.165, 1.54) is 0 Å². The Bertz CT molecular complexity index is 861. The Balaban J connectivity index is 1.95. The van der Waals surface area contributed by atoms with Crippen LogP contribution in [0.15, 0.2) is 48.6 Å². The van der Waals surface area contributed by atoms with E-state index >= 15 is 0 Å². The van der Waals surface area contributed by atoms with Crippen LogP contribution in [-0.4, -0.2) is 28.6 Å². The number of alkyl halides is 2. The summed E-state index contributed by atoms with van der Waals surface area (Å²) in [6.45, 7) is 5.32. The van der Waals surface area contributed by atoms with Crippen LogP contribution >= 0.6 is 0 Å². The zero-order valence-electron chi connectivity index (χ0n) is 13.5. The highest BCUT2D eigenvalue weighted by atomic mass is 19.3. The van der Waals surface area contributed by atoms with Crippen molar-refractivity contribution in [1.82, 2.24) is 9.97 Å². The normalized spacial score (nSPS) is 17.4. The molecule has 25 heavy (non-hydrogen) atoms. The van der Waals surface area contributed by atoms with Crippen LogP contribution < -0.4 is 4.74 Å². The minimum atomic E-state index is -3.48. The fraction of sp³-hybridized carbons (Fsp3) is 0.278. The van der Waals surface area contributed by atoms with E-state index in [0.29, 0.717) is 30.2 Å². The molecule has 2 heterocycles. The molecule has 1 fully saturated rings. The largest absolute Gasteiger partial charge is 0.402 e. The highest BCUT2D eigenvalue weighted by molar-refractivity contribution is 5.89. The number of esters is 1. The van der Waals surface area contributed by atoms with Gasteiger partial charge in [0.05, 0.1) is 23.7 Å². The Labute approximate surface area is 143 Å². The maximum atomic E-state index is 14.1. The molecule has 0 aliphatic carbocycles. The van der Waals surface area contributed by atoms with Crippen LogP contribution in [0.5, 0.6) is 5.88 Å². The first-order chi connectivity index (χ1) is 11.9. The predicted molar refractivity (Wildman–Crippen MR) is 87.4 cm³/mol. The van der Waals surface area contributed by atoms with Gasteiger partial charge in [0.1, 0.15) is 0 Å². The lowest BCUT2D eigenvalue weighted by molar-refractivity contribution is -0.130. The molecule has 2 aromatic rings. The second kappa shape index (κ2) is 6.68. The number of fused-ring (bicyclic) bond motifs is 1. The van der Waals surface area contributed by atoms with Crippen molar-refractivity contribution in [3.63, 3.8) is 0 Å². The van der Waals surface area contributed by atoms with Crippen molar-refractivity contribution in [1.29, 1.82) is 0 Å². The van der Waals surface area contributed by atoms with Crippen molar-refractivity contribution < 1.29 is 23.0 Å². The first-order valence-electron chi connectivity index (χ1n) is 7.70. The van der Waals surface area contributed by atoms with E-state index in [2.05, 4.69) is 16.5 Å². The van der Waals surface area contributed by atoms with E-state index in [4.69, 9.17) is 9.47 Å². The molecule has 1 unspecified atom stereocenters. The number of nitrogens with zero attached hydrogens (tertiary/aromatic N) is 2. The Morgan fingerprint density at radius 1 is 1.40 bits per heavy atom. The van der Waals surface area contributed by atoms with Gasteiger partial charge in [0.25, 0.3) is 5.88 Å². The van der Waals surface area contributed by atoms with Crippen LogP contribution in [0.2, 0.25) is 0 Å². The average Bonchev–Trinajstić information content (AvgIpc) is 3.43. The first kappa shape index (κ1) is 17.2. The fourth-order valence-electron chi connectivity index (χ4n) is 2.13. The summed E-state index contributed by atoms with van der Waals surface area (Å²) in [7, 11) is 0. The Morgan fingerprint density at radius 2 is 2.04 bits per heavy atom. The van der Waals surface area contributed by atoms with Crippen LogP contribution in [0.25, 0.3) is 11.0 Å². The number of benzene rings is 1. The summed E-state index contributed by atoms with van der Waals surface area (Å²) in [4.78, 5) is 20.1. The molecule has 0 spiro atoms. The number of allylic oxidation sites excluding steroid dienone is 1. The van der Waals surface area contributed by atoms with Crippen molar-refractivity contribution in [3.05, 3.63) is 54.3 Å². The van der Waals surface area contributed by atoms with Gasteiger partial charge in [-0.05, 0) is 31.6 Å². The summed E-state index contributed by atoms with van der Waals surface area (Å²) < 4.78 is 38.4. The molecule has 0 amide bonds. The Hall–Kier alpha value is -2.67. The standard InChI is InChI=1S/C18H16F2N2O3/c1-3-18(19,20)15-16(22-14-7-5-4-6-13(14)21-15)25-17(23)11(2)8-9-12-10-24-12/h3-8,12H,1,9-10H2,2H3. The van der Waals surface area contributed by atoms with Gasteiger partial charge in [0.2, 0.25) is 0 Å². The third-order valence-electron chi connectivity index (χ3n) is 3.71. The number of rotatable bonds is 6. The van der Waals surface area contributed by atoms with Gasteiger partial charge in [-0.3, -0.25) is 0 Å². The highest BCUT2D eigenvalue weighted by Crippen LogP contribution is 2.34. The van der Waals surface area contributed by atoms with Gasteiger partial charge in [-0.25, -0.2) is 14.8 Å². The third-order valence-corrected chi connectivity index (χ3v) is 3.71. The molecule has 0 N–H and O–H groups in total. The Morgan fingerprint density at radius 3 is 2.64 bits per heavy atom. The van der Waals surface area contributed by atoms with Gasteiger partial charge in [-0.1, -0.05) is 24.8 Å². The number of ether oxygens (including phenoxy) is 2. The molecule has 1 atom stereocenters. The molecular weight excluding hydrogens is 330 g/mol. The molecule has 3 rings (SSSR count). The van der Waals surface area contributed by atoms with Gasteiger partial charge in [-0.15, -0.1) is 0 Å². The molecule has 1 aliphatic rings. The maximum Gasteiger partial charge on any atom is 0.340 e. The number of aromatic nitrogens is 2. The molecule has 5 nitrogen and oxygen atoms in total. The van der Waals surface area contributed by atoms with Crippen LogP contribution in [0, 0.1) is 0 Å². The highest BCUT2D eigenvalue weighted by Gasteiger charge is 2.35. The number of hydrogen-bond donors (Lipinski definition) is 0. The zero-order valence-corrected chi connectivity index (χ0v) is 13.5. The maximum absolute atomic E-state index is 14.1. The van der Waals surface area contributed by atoms with Crippen molar-refractivity contribution in [2.75, 3.05) is 6.61 Å². The molecule has 1 aromatic carbocycles. The molecule has 1 aromatic heterocycles. The first-order valence-corrected chi connectivity index (χ1v) is 7.70. The second-order valence-electron chi connectivity index (χ2n) is 5.66. The van der Waals surface area contributed by atoms with E-state index < -0.39 is 23.5 Å². The van der Waals surface area contributed by atoms with Crippen molar-refractivity contribution in [2.24, 2.45) is 0 Å². The van der Waals surface area contributed by atoms with Gasteiger partial charge < -0.3 is 9.47 Å². The van der Waals surface area contributed by atoms with Crippen molar-refractivity contribution in [2.45, 2.75) is 25.4 Å². The fourth-order valence-corrected chi connectivity index (χ4v) is 2.13. The Kier molecular flexibility index (Phi) is 4.59. The van der Waals surface area contributed by atoms with Crippen LogP contribution in [0.1, 0.15) is 19.0 Å². The van der Waals surface area contributed by atoms with E-state index in [1.807, 2.05) is 0 Å². The number of carbonyl (C=O) groups is 1. The molecule has 0 bridgehead atoms. The molecule has 1 saturated heterocycles. The quantitative estimate of drug-likeness (QED) is 0.346. The molecule has 7 heteroatoms. The van der Waals surface area contributed by atoms with E-state index in [1.54, 1.807) is 37.3 Å². The van der Waals surface area contributed by atoms with Crippen LogP contribution in [0.3, 0.4) is 0 Å². The van der Waals surface area contributed by atoms with Gasteiger partial charge >= 0.3 is 11.9 Å². The smallest absolute Gasteiger partial charge is 0.340 e. The lowest BCUT2D eigenvalue weighted by Crippen LogP contribution is -2.19. The SMILES string of the molecule is C=CC(F)(F)c1nc2ccccc2nc1OC(=O)C(C)=CCC1CO1. The minimum absolute atomic E-state index is 0.115. The summed E-state index contributed by atoms with van der Waals surface area (Å²) in [5.41, 5.74) is 0.171. The van der Waals surface area contributed by atoms with E-state index in [-0.39, 0.29) is 11.6 Å². The summed E-state index contributed by atoms with van der Waals surface area (Å²) >= 11 is 0. The van der Waals surface area contributed by atoms with Gasteiger partial charge in [0.15, 0.2) is 5.69 Å². The van der Waals surface area contributed by atoms with E-state index in [9.17, 15) is 13.6 Å². The lowest BCUT2D eigenvalue weighted by atomic mass is 10.2. The minimum Gasteiger partial charge on any atom is -0.402 e. The van der Waals surface area contributed by atoms with Crippen molar-refractivity contribution >= 4 is 17.0 Å². The second-order valence-corrected chi connectivity index (χ2v) is 5.66. The van der Waals surface area contributed by atoms with Gasteiger partial charge in [-0.2, -0.15) is 8.78 Å². The molecule has 0 saturated carbocycles. The number of epoxide rings is 1. The zero-order chi connectivity index (χ0) is 18.0. The van der Waals surface area contributed by atoms with Crippen LogP contribution in [0.4, 0.5) is 8.78 Å². The molecular formula is C18H16F2N2O3. The third kappa shape index (κ3) is 3.88. The summed E-state index contributed by atoms with van der Waals surface area (Å²) in [5, 5.41) is 0. The van der Waals surface area contributed by atoms with Gasteiger partial charge in [0, 0.05) is 5.57 Å². The topological polar surface area (TPSA) is 64.6 Å². The number of hydrogen-bond acceptors (Lipinski definition) is 5. The summed E-state index contributed by atoms with van der Waals surface area (Å²) in [6.07, 6.45) is 2.78. The van der Waals surface area contributed by atoms with E-state index in [0.717, 1.165) is 0 Å². The summed E-state index contributed by atoms with van der Waals surface area (Å²) in [6, 6.07) is 6.50. The monoisotopic (exact) mass is 346 g/mol. The number of para-hydroxylation sites is 2. The summed E-state index contributed by atoms with van der Waals surface area (Å²) in [5.74, 6) is -4.76. The number of halogens is 2. The van der Waals surface area contributed by atoms with Crippen LogP contribution in [-0.2, 0) is 15.5 Å². The lowest BCUT2D eigenvalue weighted by Gasteiger charge is -2.15. The van der Waals surface area contributed by atoms with Crippen molar-refractivity contribution in [3.8, 4) is 5.88 Å². The predicted octanol–water partition coefficient (Wildman–Crippen LogP) is 3.55. The molecule has 130 valence electrons.